The van der Waals surface area contributed by atoms with Crippen molar-refractivity contribution >= 4 is 10.8 Å². The van der Waals surface area contributed by atoms with E-state index in [4.69, 9.17) is 0 Å². The molecule has 0 radical (unpaired) electrons. The van der Waals surface area contributed by atoms with Crippen LogP contribution in [-0.2, 0) is 10.8 Å². The molecule has 2 aliphatic rings. The molecule has 44 valence electrons. The second kappa shape index (κ2) is 1.44. The topological polar surface area (TPSA) is 17.1 Å². The lowest BCUT2D eigenvalue weighted by Crippen LogP contribution is -2.02. The Labute approximate surface area is 51.2 Å². The highest BCUT2D eigenvalue weighted by Gasteiger charge is 2.33. The van der Waals surface area contributed by atoms with E-state index in [9.17, 15) is 4.21 Å². The van der Waals surface area contributed by atoms with Crippen LogP contribution in [0.5, 0.6) is 0 Å². The molecule has 0 N–H and O–H groups in total. The fourth-order valence-corrected chi connectivity index (χ4v) is 3.06. The van der Waals surface area contributed by atoms with Crippen LogP contribution < -0.4 is 0 Å². The third kappa shape index (κ3) is 0.440. The summed E-state index contributed by atoms with van der Waals surface area (Å²) in [6.07, 6.45) is 6.52. The normalized spacial score (nSPS) is 50.8. The predicted octanol–water partition coefficient (Wildman–Crippen LogP) is 0.836. The van der Waals surface area contributed by atoms with E-state index in [1.54, 1.807) is 0 Å². The highest BCUT2D eigenvalue weighted by Crippen LogP contribution is 2.30. The Kier molecular flexibility index (Phi) is 0.852. The van der Waals surface area contributed by atoms with Crippen molar-refractivity contribution in [2.24, 2.45) is 0 Å². The SMILES string of the molecule is O=S1C2C=CC1CC2. The van der Waals surface area contributed by atoms with Crippen LogP contribution in [0.2, 0.25) is 0 Å². The first-order valence-electron chi connectivity index (χ1n) is 2.95. The van der Waals surface area contributed by atoms with Gasteiger partial charge in [0.05, 0.1) is 10.5 Å². The zero-order valence-corrected chi connectivity index (χ0v) is 5.36. The minimum Gasteiger partial charge on any atom is -0.258 e. The lowest BCUT2D eigenvalue weighted by molar-refractivity contribution is 0.683. The van der Waals surface area contributed by atoms with Gasteiger partial charge in [-0.3, -0.25) is 4.21 Å². The molecule has 0 amide bonds. The number of hydrogen-bond acceptors (Lipinski definition) is 1. The van der Waals surface area contributed by atoms with Gasteiger partial charge in [-0.2, -0.15) is 0 Å². The quantitative estimate of drug-likeness (QED) is 0.442. The van der Waals surface area contributed by atoms with Gasteiger partial charge in [-0.25, -0.2) is 0 Å². The average Bonchev–Trinajstić information content (AvgIpc) is 2.29. The van der Waals surface area contributed by atoms with Gasteiger partial charge in [0.25, 0.3) is 0 Å². The van der Waals surface area contributed by atoms with Crippen LogP contribution in [-0.4, -0.2) is 14.7 Å². The van der Waals surface area contributed by atoms with Crippen LogP contribution >= 0.6 is 0 Å². The maximum Gasteiger partial charge on any atom is 0.0534 e. The van der Waals surface area contributed by atoms with Crippen molar-refractivity contribution in [3.05, 3.63) is 12.2 Å². The van der Waals surface area contributed by atoms with Gasteiger partial charge in [0.15, 0.2) is 0 Å². The third-order valence-corrected chi connectivity index (χ3v) is 3.85. The van der Waals surface area contributed by atoms with Crippen LogP contribution in [0.15, 0.2) is 12.2 Å². The van der Waals surface area contributed by atoms with Crippen molar-refractivity contribution in [3.63, 3.8) is 0 Å². The molecule has 0 aromatic rings. The van der Waals surface area contributed by atoms with Crippen LogP contribution in [0.1, 0.15) is 12.8 Å². The molecule has 0 aliphatic carbocycles. The van der Waals surface area contributed by atoms with E-state index < -0.39 is 10.8 Å². The van der Waals surface area contributed by atoms with Crippen molar-refractivity contribution in [1.82, 2.24) is 0 Å². The molecule has 0 saturated carbocycles. The summed E-state index contributed by atoms with van der Waals surface area (Å²) in [6, 6.07) is 0. The summed E-state index contributed by atoms with van der Waals surface area (Å²) in [6.45, 7) is 0. The first-order valence-corrected chi connectivity index (χ1v) is 4.23. The van der Waals surface area contributed by atoms with Crippen LogP contribution in [0.3, 0.4) is 0 Å². The monoisotopic (exact) mass is 128 g/mol. The van der Waals surface area contributed by atoms with Gasteiger partial charge in [-0.1, -0.05) is 12.2 Å². The van der Waals surface area contributed by atoms with E-state index in [0.717, 1.165) is 12.8 Å². The molecule has 0 spiro atoms. The summed E-state index contributed by atoms with van der Waals surface area (Å²) in [5.74, 6) is 0. The van der Waals surface area contributed by atoms with Gasteiger partial charge in [0.2, 0.25) is 0 Å². The molecule has 2 bridgehead atoms. The van der Waals surface area contributed by atoms with Crippen molar-refractivity contribution in [1.29, 1.82) is 0 Å². The molecule has 2 atom stereocenters. The van der Waals surface area contributed by atoms with Crippen LogP contribution in [0.25, 0.3) is 0 Å². The molecule has 0 aromatic carbocycles. The summed E-state index contributed by atoms with van der Waals surface area (Å²) < 4.78 is 11.0. The molecule has 1 fully saturated rings. The summed E-state index contributed by atoms with van der Waals surface area (Å²) in [7, 11) is -0.512. The summed E-state index contributed by atoms with van der Waals surface area (Å²) in [4.78, 5) is 0. The Morgan fingerprint density at radius 2 is 1.75 bits per heavy atom. The molecule has 0 aromatic heterocycles. The second-order valence-corrected chi connectivity index (χ2v) is 4.24. The lowest BCUT2D eigenvalue weighted by atomic mass is 10.1. The van der Waals surface area contributed by atoms with Gasteiger partial charge in [-0.15, -0.1) is 0 Å². The second-order valence-electron chi connectivity index (χ2n) is 2.37. The largest absolute Gasteiger partial charge is 0.258 e. The lowest BCUT2D eigenvalue weighted by Gasteiger charge is -1.93. The summed E-state index contributed by atoms with van der Waals surface area (Å²) in [5, 5.41) is 0.861. The molecule has 2 heterocycles. The standard InChI is InChI=1S/C6H8OS/c7-8-5-1-2-6(8)4-3-5/h1-2,5-6H,3-4H2. The van der Waals surface area contributed by atoms with Gasteiger partial charge in [0.1, 0.15) is 0 Å². The van der Waals surface area contributed by atoms with Crippen molar-refractivity contribution in [2.75, 3.05) is 0 Å². The minimum atomic E-state index is -0.512. The van der Waals surface area contributed by atoms with Crippen molar-refractivity contribution < 1.29 is 4.21 Å². The summed E-state index contributed by atoms with van der Waals surface area (Å²) >= 11 is 0. The van der Waals surface area contributed by atoms with Gasteiger partial charge < -0.3 is 0 Å². The van der Waals surface area contributed by atoms with E-state index in [1.807, 2.05) is 0 Å². The Morgan fingerprint density at radius 3 is 1.88 bits per heavy atom. The van der Waals surface area contributed by atoms with Gasteiger partial charge in [0, 0.05) is 10.8 Å². The molecule has 2 unspecified atom stereocenters. The first-order chi connectivity index (χ1) is 3.88. The average molecular weight is 128 g/mol. The van der Waals surface area contributed by atoms with Crippen molar-refractivity contribution in [2.45, 2.75) is 23.3 Å². The third-order valence-electron chi connectivity index (χ3n) is 1.87. The predicted molar refractivity (Wildman–Crippen MR) is 34.1 cm³/mol. The maximum atomic E-state index is 11.0. The Balaban J connectivity index is 2.39. The molecule has 2 heteroatoms. The smallest absolute Gasteiger partial charge is 0.0534 e. The zero-order valence-electron chi connectivity index (χ0n) is 4.54. The van der Waals surface area contributed by atoms with Gasteiger partial charge >= 0.3 is 0 Å². The van der Waals surface area contributed by atoms with Gasteiger partial charge in [-0.05, 0) is 12.8 Å². The Bertz CT molecular complexity index is 146. The molecule has 1 saturated heterocycles. The zero-order chi connectivity index (χ0) is 5.56. The highest BCUT2D eigenvalue weighted by molar-refractivity contribution is 7.87. The van der Waals surface area contributed by atoms with E-state index in [-0.39, 0.29) is 0 Å². The molecule has 8 heavy (non-hydrogen) atoms. The van der Waals surface area contributed by atoms with E-state index >= 15 is 0 Å². The molecule has 2 rings (SSSR count). The van der Waals surface area contributed by atoms with E-state index in [0.29, 0.717) is 10.5 Å². The fraction of sp³-hybridized carbons (Fsp3) is 0.667. The highest BCUT2D eigenvalue weighted by atomic mass is 32.2. The van der Waals surface area contributed by atoms with Crippen molar-refractivity contribution in [3.8, 4) is 0 Å². The molecular weight excluding hydrogens is 120 g/mol. The Morgan fingerprint density at radius 1 is 1.25 bits per heavy atom. The fourth-order valence-electron chi connectivity index (χ4n) is 1.38. The molecular formula is C6H8OS. The first kappa shape index (κ1) is 4.74. The van der Waals surface area contributed by atoms with Crippen LogP contribution in [0, 0.1) is 0 Å². The summed E-state index contributed by atoms with van der Waals surface area (Å²) in [5.41, 5.74) is 0. The maximum absolute atomic E-state index is 11.0. The van der Waals surface area contributed by atoms with Crippen LogP contribution in [0.4, 0.5) is 0 Å². The number of hydrogen-bond donors (Lipinski definition) is 0. The van der Waals surface area contributed by atoms with E-state index in [1.165, 1.54) is 0 Å². The molecule has 1 nitrogen and oxygen atoms in total. The molecule has 2 aliphatic heterocycles. The van der Waals surface area contributed by atoms with E-state index in [2.05, 4.69) is 12.2 Å². The number of rotatable bonds is 0. The number of fused-ring (bicyclic) bond motifs is 2. The minimum absolute atomic E-state index is 0.431. The Hall–Kier alpha value is -0.110.